The molecule has 0 bridgehead atoms. The molecule has 1 aromatic rings. The molecule has 1 N–H and O–H groups in total. The van der Waals surface area contributed by atoms with Crippen LogP contribution in [-0.4, -0.2) is 27.5 Å². The lowest BCUT2D eigenvalue weighted by molar-refractivity contribution is 0.0996. The van der Waals surface area contributed by atoms with E-state index in [0.29, 0.717) is 11.0 Å². The molecule has 1 aromatic heterocycles. The van der Waals surface area contributed by atoms with Crippen LogP contribution < -0.4 is 5.32 Å². The molecule has 0 aliphatic carbocycles. The predicted octanol–water partition coefficient (Wildman–Crippen LogP) is 2.17. The minimum absolute atomic E-state index is 0.235. The summed E-state index contributed by atoms with van der Waals surface area (Å²) < 4.78 is 13.5. The summed E-state index contributed by atoms with van der Waals surface area (Å²) in [4.78, 5) is 0. The molecule has 2 atom stereocenters. The quantitative estimate of drug-likeness (QED) is 0.869. The largest absolute Gasteiger partial charge is 0.376 e. The smallest absolute Gasteiger partial charge is 0.186 e. The van der Waals surface area contributed by atoms with Gasteiger partial charge in [0.15, 0.2) is 11.0 Å². The van der Waals surface area contributed by atoms with Crippen molar-refractivity contribution in [3.63, 3.8) is 0 Å². The number of nitrogens with one attached hydrogen (secondary N) is 1. The minimum atomic E-state index is 0.235. The summed E-state index contributed by atoms with van der Waals surface area (Å²) in [5, 5.41) is 3.66. The number of rotatable bonds is 3. The summed E-state index contributed by atoms with van der Waals surface area (Å²) in [5.41, 5.74) is 0. The molecule has 0 spiro atoms. The first-order valence-electron chi connectivity index (χ1n) is 4.63. The molecule has 1 aliphatic rings. The molecule has 14 heavy (non-hydrogen) atoms. The van der Waals surface area contributed by atoms with Crippen LogP contribution in [0.4, 0.5) is 5.82 Å². The van der Waals surface area contributed by atoms with Gasteiger partial charge in [-0.3, -0.25) is 0 Å². The van der Waals surface area contributed by atoms with Crippen molar-refractivity contribution < 1.29 is 4.74 Å². The van der Waals surface area contributed by atoms with Gasteiger partial charge in [-0.1, -0.05) is 11.6 Å². The van der Waals surface area contributed by atoms with Gasteiger partial charge in [0.25, 0.3) is 0 Å². The molecule has 2 unspecified atom stereocenters. The van der Waals surface area contributed by atoms with Crippen molar-refractivity contribution in [1.82, 2.24) is 8.75 Å². The summed E-state index contributed by atoms with van der Waals surface area (Å²) in [6.45, 7) is 2.94. The maximum absolute atomic E-state index is 5.82. The van der Waals surface area contributed by atoms with E-state index >= 15 is 0 Å². The fourth-order valence-corrected chi connectivity index (χ4v) is 2.23. The maximum atomic E-state index is 5.82. The second-order valence-electron chi connectivity index (χ2n) is 3.39. The fraction of sp³-hybridized carbons (Fsp3) is 0.750. The Morgan fingerprint density at radius 3 is 3.07 bits per heavy atom. The van der Waals surface area contributed by atoms with Crippen LogP contribution in [0.3, 0.4) is 0 Å². The molecule has 4 nitrogen and oxygen atoms in total. The number of nitrogens with zero attached hydrogens (tertiary/aromatic N) is 2. The third-order valence-corrected chi connectivity index (χ3v) is 3.23. The van der Waals surface area contributed by atoms with E-state index in [1.165, 1.54) is 0 Å². The summed E-state index contributed by atoms with van der Waals surface area (Å²) in [7, 11) is 0. The first kappa shape index (κ1) is 10.1. The highest BCUT2D eigenvalue weighted by molar-refractivity contribution is 6.99. The third-order valence-electron chi connectivity index (χ3n) is 2.34. The molecule has 6 heteroatoms. The molecule has 0 saturated carbocycles. The zero-order valence-electron chi connectivity index (χ0n) is 7.86. The average Bonchev–Trinajstić information content (AvgIpc) is 2.77. The normalized spacial score (nSPS) is 23.7. The lowest BCUT2D eigenvalue weighted by Crippen LogP contribution is -2.30. The number of halogens is 1. The Morgan fingerprint density at radius 1 is 1.64 bits per heavy atom. The molecule has 1 aliphatic heterocycles. The van der Waals surface area contributed by atoms with Crippen LogP contribution in [0.1, 0.15) is 19.8 Å². The van der Waals surface area contributed by atoms with Crippen LogP contribution in [0.2, 0.25) is 5.15 Å². The van der Waals surface area contributed by atoms with Crippen LogP contribution in [0.15, 0.2) is 0 Å². The van der Waals surface area contributed by atoms with E-state index in [9.17, 15) is 0 Å². The van der Waals surface area contributed by atoms with E-state index in [1.54, 1.807) is 0 Å². The number of aromatic nitrogens is 2. The van der Waals surface area contributed by atoms with E-state index in [0.717, 1.165) is 31.2 Å². The molecule has 2 heterocycles. The van der Waals surface area contributed by atoms with Gasteiger partial charge in [0.2, 0.25) is 0 Å². The lowest BCUT2D eigenvalue weighted by Gasteiger charge is -2.19. The van der Waals surface area contributed by atoms with Crippen molar-refractivity contribution in [2.45, 2.75) is 31.9 Å². The van der Waals surface area contributed by atoms with Crippen molar-refractivity contribution in [3.05, 3.63) is 5.15 Å². The molecular weight excluding hydrogens is 222 g/mol. The predicted molar refractivity (Wildman–Crippen MR) is 57.0 cm³/mol. The Morgan fingerprint density at radius 2 is 2.50 bits per heavy atom. The van der Waals surface area contributed by atoms with Gasteiger partial charge in [-0.2, -0.15) is 8.75 Å². The number of ether oxygens (including phenoxy) is 1. The number of hydrogen-bond donors (Lipinski definition) is 1. The topological polar surface area (TPSA) is 47.0 Å². The van der Waals surface area contributed by atoms with E-state index in [1.807, 2.05) is 0 Å². The van der Waals surface area contributed by atoms with Gasteiger partial charge >= 0.3 is 0 Å². The van der Waals surface area contributed by atoms with Crippen LogP contribution in [-0.2, 0) is 4.74 Å². The Labute approximate surface area is 91.9 Å². The van der Waals surface area contributed by atoms with Crippen LogP contribution in [0, 0.1) is 0 Å². The van der Waals surface area contributed by atoms with Crippen molar-refractivity contribution in [2.75, 3.05) is 11.9 Å². The van der Waals surface area contributed by atoms with Gasteiger partial charge in [-0.25, -0.2) is 0 Å². The zero-order chi connectivity index (χ0) is 9.97. The Kier molecular flexibility index (Phi) is 3.20. The monoisotopic (exact) mass is 233 g/mol. The van der Waals surface area contributed by atoms with E-state index < -0.39 is 0 Å². The van der Waals surface area contributed by atoms with Crippen LogP contribution in [0.25, 0.3) is 0 Å². The summed E-state index contributed by atoms with van der Waals surface area (Å²) in [6, 6.07) is 0.235. The van der Waals surface area contributed by atoms with Crippen LogP contribution in [0.5, 0.6) is 0 Å². The lowest BCUT2D eigenvalue weighted by atomic mass is 10.1. The van der Waals surface area contributed by atoms with E-state index in [-0.39, 0.29) is 12.1 Å². The first-order valence-corrected chi connectivity index (χ1v) is 5.74. The Bertz CT molecular complexity index is 301. The Balaban J connectivity index is 1.93. The first-order chi connectivity index (χ1) is 6.77. The van der Waals surface area contributed by atoms with Gasteiger partial charge in [-0.15, -0.1) is 0 Å². The van der Waals surface area contributed by atoms with Gasteiger partial charge in [0.05, 0.1) is 23.9 Å². The summed E-state index contributed by atoms with van der Waals surface area (Å²) in [5.74, 6) is 0.666. The SMILES string of the molecule is CC(Nc1nsnc1Cl)C1CCCO1. The third kappa shape index (κ3) is 2.16. The summed E-state index contributed by atoms with van der Waals surface area (Å²) in [6.07, 6.45) is 2.51. The van der Waals surface area contributed by atoms with Crippen LogP contribution >= 0.6 is 23.3 Å². The van der Waals surface area contributed by atoms with Crippen molar-refractivity contribution in [1.29, 1.82) is 0 Å². The zero-order valence-corrected chi connectivity index (χ0v) is 9.44. The van der Waals surface area contributed by atoms with Crippen molar-refractivity contribution in [2.24, 2.45) is 0 Å². The highest BCUT2D eigenvalue weighted by atomic mass is 35.5. The standard InChI is InChI=1S/C8H12ClN3OS/c1-5(6-3-2-4-13-6)10-8-7(9)11-14-12-8/h5-6H,2-4H2,1H3,(H,10,12). The van der Waals surface area contributed by atoms with E-state index in [4.69, 9.17) is 16.3 Å². The molecular formula is C8H12ClN3OS. The highest BCUT2D eigenvalue weighted by Crippen LogP contribution is 2.22. The minimum Gasteiger partial charge on any atom is -0.376 e. The van der Waals surface area contributed by atoms with Crippen molar-refractivity contribution >= 4 is 29.1 Å². The van der Waals surface area contributed by atoms with Gasteiger partial charge in [-0.05, 0) is 19.8 Å². The second kappa shape index (κ2) is 4.42. The van der Waals surface area contributed by atoms with E-state index in [2.05, 4.69) is 21.0 Å². The number of hydrogen-bond acceptors (Lipinski definition) is 5. The van der Waals surface area contributed by atoms with Gasteiger partial charge in [0, 0.05) is 6.61 Å². The molecule has 0 amide bonds. The molecule has 2 rings (SSSR count). The molecule has 0 aromatic carbocycles. The summed E-state index contributed by atoms with van der Waals surface area (Å²) >= 11 is 6.94. The molecule has 1 saturated heterocycles. The maximum Gasteiger partial charge on any atom is 0.186 e. The van der Waals surface area contributed by atoms with Gasteiger partial charge < -0.3 is 10.1 Å². The highest BCUT2D eigenvalue weighted by Gasteiger charge is 2.23. The molecule has 1 fully saturated rings. The number of anilines is 1. The molecule has 78 valence electrons. The van der Waals surface area contributed by atoms with Gasteiger partial charge in [0.1, 0.15) is 0 Å². The average molecular weight is 234 g/mol. The second-order valence-corrected chi connectivity index (χ2v) is 4.27. The molecule has 0 radical (unpaired) electrons. The fourth-order valence-electron chi connectivity index (χ4n) is 1.57. The Hall–Kier alpha value is -0.390. The van der Waals surface area contributed by atoms with Crippen molar-refractivity contribution in [3.8, 4) is 0 Å².